The highest BCUT2D eigenvalue weighted by atomic mass is 35.5. The highest BCUT2D eigenvalue weighted by Crippen LogP contribution is 2.38. The average molecular weight is 1050 g/mol. The van der Waals surface area contributed by atoms with E-state index in [1.54, 1.807) is 25.1 Å². The number of allylic oxidation sites excluding steroid dienone is 4. The summed E-state index contributed by atoms with van der Waals surface area (Å²) in [5, 5.41) is 12.2. The Kier molecular flexibility index (Phi) is 24.0. The van der Waals surface area contributed by atoms with Crippen LogP contribution in [0.2, 0.25) is 10.0 Å². The summed E-state index contributed by atoms with van der Waals surface area (Å²) < 4.78 is 89.8. The summed E-state index contributed by atoms with van der Waals surface area (Å²) in [6.07, 6.45) is 7.70. The van der Waals surface area contributed by atoms with E-state index in [1.165, 1.54) is 36.3 Å². The highest BCUT2D eigenvalue weighted by molar-refractivity contribution is 7.93. The lowest BCUT2D eigenvalue weighted by molar-refractivity contribution is 0.0516. The Morgan fingerprint density at radius 2 is 1.06 bits per heavy atom. The summed E-state index contributed by atoms with van der Waals surface area (Å²) in [6, 6.07) is 17.2. The van der Waals surface area contributed by atoms with Crippen molar-refractivity contribution in [2.24, 2.45) is 0 Å². The van der Waals surface area contributed by atoms with Crippen molar-refractivity contribution in [1.82, 2.24) is 30.7 Å². The van der Waals surface area contributed by atoms with Gasteiger partial charge in [-0.1, -0.05) is 35.3 Å². The lowest BCUT2D eigenvalue weighted by atomic mass is 10.1. The Labute approximate surface area is 422 Å². The van der Waals surface area contributed by atoms with E-state index < -0.39 is 20.0 Å². The lowest BCUT2D eigenvalue weighted by Gasteiger charge is -2.15. The smallest absolute Gasteiger partial charge is 0.314 e. The molecule has 0 bridgehead atoms. The van der Waals surface area contributed by atoms with Crippen LogP contribution in [0, 0.1) is 0 Å². The van der Waals surface area contributed by atoms with Crippen LogP contribution < -0.4 is 35.4 Å². The van der Waals surface area contributed by atoms with Gasteiger partial charge in [-0.15, -0.1) is 0 Å². The van der Waals surface area contributed by atoms with E-state index in [1.807, 2.05) is 36.4 Å². The SMILES string of the molecule is C/C(=C\C=C(/C)S(=O)(=O)NCCOCCOCCNC(=O)NCCCCNC(=O)NCCOCCOCCNS(=O)(=O)c1ccc(O[C@@H]2CCc3ccc(Cl)cc32)cc1)O[C@@H]1CCc2ccc(Cl)cc21. The van der Waals surface area contributed by atoms with Gasteiger partial charge >= 0.3 is 12.1 Å². The predicted molar refractivity (Wildman–Crippen MR) is 268 cm³/mol. The zero-order chi connectivity index (χ0) is 50.2. The number of amides is 4. The van der Waals surface area contributed by atoms with Crippen molar-refractivity contribution < 1.29 is 54.8 Å². The maximum absolute atomic E-state index is 12.7. The molecule has 3 aromatic rings. The van der Waals surface area contributed by atoms with Gasteiger partial charge in [-0.25, -0.2) is 35.9 Å². The fraction of sp³-hybridized carbons (Fsp3) is 0.500. The van der Waals surface area contributed by atoms with Crippen LogP contribution >= 0.6 is 23.2 Å². The molecule has 2 aliphatic rings. The van der Waals surface area contributed by atoms with Crippen molar-refractivity contribution in [2.75, 3.05) is 92.1 Å². The number of rotatable bonds is 32. The van der Waals surface area contributed by atoms with Gasteiger partial charge in [-0.3, -0.25) is 0 Å². The number of hydrogen-bond donors (Lipinski definition) is 6. The molecule has 70 heavy (non-hydrogen) atoms. The largest absolute Gasteiger partial charge is 0.490 e. The van der Waals surface area contributed by atoms with Crippen molar-refractivity contribution in [3.05, 3.63) is 116 Å². The molecule has 0 unspecified atom stereocenters. The van der Waals surface area contributed by atoms with Gasteiger partial charge in [-0.05, 0) is 135 Å². The Bertz CT molecular complexity index is 2430. The molecule has 3 aromatic carbocycles. The lowest BCUT2D eigenvalue weighted by Crippen LogP contribution is -2.39. The zero-order valence-corrected chi connectivity index (χ0v) is 42.8. The predicted octanol–water partition coefficient (Wildman–Crippen LogP) is 6.21. The molecule has 0 fully saturated rings. The monoisotopic (exact) mass is 1050 g/mol. The Morgan fingerprint density at radius 3 is 1.60 bits per heavy atom. The summed E-state index contributed by atoms with van der Waals surface area (Å²) in [5.41, 5.74) is 4.54. The molecule has 22 heteroatoms. The van der Waals surface area contributed by atoms with Gasteiger partial charge in [0.05, 0.1) is 68.4 Å². The first kappa shape index (κ1) is 56.4. The molecule has 0 aromatic heterocycles. The van der Waals surface area contributed by atoms with Crippen LogP contribution in [0.5, 0.6) is 5.75 Å². The second-order valence-corrected chi connectivity index (χ2v) is 20.9. The number of carbonyl (C=O) groups excluding carboxylic acids is 2. The molecule has 4 amide bonds. The van der Waals surface area contributed by atoms with Crippen LogP contribution in [0.25, 0.3) is 0 Å². The van der Waals surface area contributed by atoms with Gasteiger partial charge in [0, 0.05) is 49.3 Å². The first-order valence-corrected chi connectivity index (χ1v) is 27.1. The number of urea groups is 2. The van der Waals surface area contributed by atoms with Crippen molar-refractivity contribution in [1.29, 1.82) is 0 Å². The highest BCUT2D eigenvalue weighted by Gasteiger charge is 2.26. The fourth-order valence-corrected chi connectivity index (χ4v) is 9.56. The van der Waals surface area contributed by atoms with Gasteiger partial charge in [0.25, 0.3) is 0 Å². The summed E-state index contributed by atoms with van der Waals surface area (Å²) in [7, 11) is -7.42. The molecule has 2 atom stereocenters. The van der Waals surface area contributed by atoms with Crippen molar-refractivity contribution >= 4 is 55.3 Å². The second-order valence-electron chi connectivity index (χ2n) is 16.3. The van der Waals surface area contributed by atoms with E-state index in [4.69, 9.17) is 51.6 Å². The van der Waals surface area contributed by atoms with Crippen LogP contribution in [0.4, 0.5) is 9.59 Å². The number of carbonyl (C=O) groups is 2. The molecule has 5 rings (SSSR count). The van der Waals surface area contributed by atoms with Crippen LogP contribution in [0.1, 0.15) is 74.0 Å². The van der Waals surface area contributed by atoms with Crippen LogP contribution in [0.3, 0.4) is 0 Å². The van der Waals surface area contributed by atoms with E-state index in [-0.39, 0.29) is 100 Å². The molecule has 386 valence electrons. The van der Waals surface area contributed by atoms with Crippen molar-refractivity contribution in [3.63, 3.8) is 0 Å². The minimum Gasteiger partial charge on any atom is -0.490 e. The molecule has 0 saturated carbocycles. The Morgan fingerprint density at radius 1 is 0.586 bits per heavy atom. The fourth-order valence-electron chi connectivity index (χ4n) is 7.35. The van der Waals surface area contributed by atoms with Crippen LogP contribution in [-0.4, -0.2) is 121 Å². The standard InChI is InChI=1S/C48H66Cl2N6O12S2/c1-35(67-45-17-9-37-7-11-39(49)33-43(37)45)5-6-36(2)69(59,60)55-23-27-65-31-29-63-25-21-53-47(57)51-19-3-4-20-52-48(58)54-22-26-64-30-32-66-28-24-56-70(61,62)42-15-13-41(14-16-42)68-46-18-10-38-8-12-40(50)34-44(38)46/h5-8,11-16,33-34,45-46,55-56H,3-4,9-10,17-32H2,1-2H3,(H2,51,53,57)(H2,52,54,58)/b35-5+,36-6+/t45-,46-/m1/s1. The van der Waals surface area contributed by atoms with E-state index in [9.17, 15) is 26.4 Å². The third-order valence-electron chi connectivity index (χ3n) is 11.0. The summed E-state index contributed by atoms with van der Waals surface area (Å²) in [4.78, 5) is 24.3. The van der Waals surface area contributed by atoms with E-state index in [2.05, 4.69) is 30.7 Å². The number of benzene rings is 3. The molecule has 0 heterocycles. The first-order chi connectivity index (χ1) is 33.7. The van der Waals surface area contributed by atoms with Crippen molar-refractivity contribution in [2.45, 2.75) is 69.5 Å². The zero-order valence-electron chi connectivity index (χ0n) is 39.7. The van der Waals surface area contributed by atoms with E-state index in [0.717, 1.165) is 36.8 Å². The maximum atomic E-state index is 12.7. The summed E-state index contributed by atoms with van der Waals surface area (Å²) >= 11 is 12.3. The quantitative estimate of drug-likeness (QED) is 0.0233. The van der Waals surface area contributed by atoms with Gasteiger partial charge in [0.1, 0.15) is 18.0 Å². The molecule has 0 aliphatic heterocycles. The van der Waals surface area contributed by atoms with E-state index in [0.29, 0.717) is 60.6 Å². The van der Waals surface area contributed by atoms with E-state index >= 15 is 0 Å². The van der Waals surface area contributed by atoms with Gasteiger partial charge in [0.15, 0.2) is 0 Å². The number of ether oxygens (including phenoxy) is 6. The van der Waals surface area contributed by atoms with Crippen LogP contribution in [-0.2, 0) is 56.6 Å². The number of aryl methyl sites for hydroxylation is 2. The number of halogens is 2. The Hall–Kier alpha value is -4.48. The third-order valence-corrected chi connectivity index (χ3v) is 14.6. The molecule has 0 radical (unpaired) electrons. The molecule has 0 spiro atoms. The maximum Gasteiger partial charge on any atom is 0.314 e. The Balaban J connectivity index is 0.757. The van der Waals surface area contributed by atoms with Crippen molar-refractivity contribution in [3.8, 4) is 5.75 Å². The minimum absolute atomic E-state index is 0.0871. The van der Waals surface area contributed by atoms with Crippen LogP contribution in [0.15, 0.2) is 88.4 Å². The molecule has 6 N–H and O–H groups in total. The molecular weight excluding hydrogens is 988 g/mol. The minimum atomic E-state index is -3.73. The first-order valence-electron chi connectivity index (χ1n) is 23.4. The summed E-state index contributed by atoms with van der Waals surface area (Å²) in [6.45, 7) is 6.87. The third kappa shape index (κ3) is 20.0. The molecular formula is C48H66Cl2N6O12S2. The molecule has 2 aliphatic carbocycles. The number of unbranched alkanes of at least 4 members (excludes halogenated alkanes) is 1. The van der Waals surface area contributed by atoms with Gasteiger partial charge in [0.2, 0.25) is 20.0 Å². The molecule has 0 saturated heterocycles. The van der Waals surface area contributed by atoms with Gasteiger partial charge in [-0.2, -0.15) is 0 Å². The number of nitrogens with one attached hydrogen (secondary N) is 6. The number of hydrogen-bond acceptors (Lipinski definition) is 12. The average Bonchev–Trinajstić information content (AvgIpc) is 3.92. The molecule has 18 nitrogen and oxygen atoms in total. The summed E-state index contributed by atoms with van der Waals surface area (Å²) in [5.74, 6) is 1.18. The second kappa shape index (κ2) is 29.8. The van der Waals surface area contributed by atoms with Gasteiger partial charge < -0.3 is 49.7 Å². The topological polar surface area (TPSA) is 230 Å². The number of fused-ring (bicyclic) bond motifs is 2. The number of sulfonamides is 2. The normalized spacial score (nSPS) is 15.8.